The average molecular weight is 372 g/mol. The standard InChI is InChI=1S/C21H22F2N2O2/c1-21(2,3)15-6-4-5-7-17(15)24-20(27)13-10-19(26)25(12-13)18-9-8-14(22)11-16(18)23/h4-9,11,13H,10,12H2,1-3H3,(H,24,27). The molecule has 2 aromatic carbocycles. The molecule has 6 heteroatoms. The van der Waals surface area contributed by atoms with Crippen LogP contribution in [0, 0.1) is 17.6 Å². The van der Waals surface area contributed by atoms with Gasteiger partial charge in [-0.05, 0) is 29.2 Å². The Morgan fingerprint density at radius 2 is 1.85 bits per heavy atom. The zero-order valence-electron chi connectivity index (χ0n) is 15.6. The molecule has 0 spiro atoms. The van der Waals surface area contributed by atoms with Crippen LogP contribution < -0.4 is 10.2 Å². The molecule has 1 unspecified atom stereocenters. The molecule has 1 atom stereocenters. The van der Waals surface area contributed by atoms with Crippen molar-refractivity contribution in [1.29, 1.82) is 0 Å². The van der Waals surface area contributed by atoms with E-state index in [0.717, 1.165) is 17.7 Å². The zero-order chi connectivity index (χ0) is 19.8. The van der Waals surface area contributed by atoms with Crippen molar-refractivity contribution in [3.8, 4) is 0 Å². The molecule has 3 rings (SSSR count). The molecule has 0 aliphatic carbocycles. The second kappa shape index (κ2) is 7.10. The Labute approximate surface area is 157 Å². The zero-order valence-corrected chi connectivity index (χ0v) is 15.6. The predicted octanol–water partition coefficient (Wildman–Crippen LogP) is 4.25. The van der Waals surface area contributed by atoms with E-state index in [4.69, 9.17) is 0 Å². The van der Waals surface area contributed by atoms with E-state index in [9.17, 15) is 18.4 Å². The minimum absolute atomic E-state index is 0.00760. The van der Waals surface area contributed by atoms with E-state index in [-0.39, 0.29) is 35.9 Å². The number of halogens is 2. The number of hydrogen-bond acceptors (Lipinski definition) is 2. The van der Waals surface area contributed by atoms with Gasteiger partial charge in [0.2, 0.25) is 11.8 Å². The molecule has 1 aliphatic rings. The third kappa shape index (κ3) is 3.99. The summed E-state index contributed by atoms with van der Waals surface area (Å²) in [6, 6.07) is 10.6. The number of benzene rings is 2. The highest BCUT2D eigenvalue weighted by molar-refractivity contribution is 6.03. The van der Waals surface area contributed by atoms with Gasteiger partial charge in [-0.25, -0.2) is 8.78 Å². The summed E-state index contributed by atoms with van der Waals surface area (Å²) in [6.07, 6.45) is -0.0136. The Morgan fingerprint density at radius 3 is 2.52 bits per heavy atom. The Bertz CT molecular complexity index is 890. The SMILES string of the molecule is CC(C)(C)c1ccccc1NC(=O)C1CC(=O)N(c2ccc(F)cc2F)C1. The first-order valence-corrected chi connectivity index (χ1v) is 8.82. The molecule has 0 saturated carbocycles. The topological polar surface area (TPSA) is 49.4 Å². The molecule has 1 heterocycles. The molecule has 4 nitrogen and oxygen atoms in total. The van der Waals surface area contributed by atoms with Gasteiger partial charge >= 0.3 is 0 Å². The number of anilines is 2. The summed E-state index contributed by atoms with van der Waals surface area (Å²) in [4.78, 5) is 26.2. The summed E-state index contributed by atoms with van der Waals surface area (Å²) >= 11 is 0. The van der Waals surface area contributed by atoms with Crippen LogP contribution in [0.4, 0.5) is 20.2 Å². The average Bonchev–Trinajstić information content (AvgIpc) is 2.96. The Kier molecular flexibility index (Phi) is 5.00. The smallest absolute Gasteiger partial charge is 0.229 e. The monoisotopic (exact) mass is 372 g/mol. The molecule has 1 fully saturated rings. The molecular weight excluding hydrogens is 350 g/mol. The highest BCUT2D eigenvalue weighted by Crippen LogP contribution is 2.31. The lowest BCUT2D eigenvalue weighted by atomic mass is 9.85. The summed E-state index contributed by atoms with van der Waals surface area (Å²) < 4.78 is 27.1. The van der Waals surface area contributed by atoms with Crippen molar-refractivity contribution in [1.82, 2.24) is 0 Å². The van der Waals surface area contributed by atoms with Gasteiger partial charge in [0.15, 0.2) is 0 Å². The minimum atomic E-state index is -0.817. The number of para-hydroxylation sites is 1. The van der Waals surface area contributed by atoms with E-state index >= 15 is 0 Å². The highest BCUT2D eigenvalue weighted by Gasteiger charge is 2.36. The third-order valence-electron chi connectivity index (χ3n) is 4.69. The molecule has 1 N–H and O–H groups in total. The van der Waals surface area contributed by atoms with Crippen LogP contribution in [-0.2, 0) is 15.0 Å². The van der Waals surface area contributed by atoms with E-state index in [2.05, 4.69) is 26.1 Å². The lowest BCUT2D eigenvalue weighted by Gasteiger charge is -2.23. The normalized spacial score (nSPS) is 17.3. The van der Waals surface area contributed by atoms with E-state index in [0.29, 0.717) is 5.69 Å². The molecule has 1 aliphatic heterocycles. The van der Waals surface area contributed by atoms with Gasteiger partial charge in [0.25, 0.3) is 0 Å². The first-order valence-electron chi connectivity index (χ1n) is 8.82. The van der Waals surface area contributed by atoms with Crippen molar-refractivity contribution in [3.63, 3.8) is 0 Å². The van der Waals surface area contributed by atoms with Gasteiger partial charge in [0.05, 0.1) is 11.6 Å². The largest absolute Gasteiger partial charge is 0.326 e. The second-order valence-electron chi connectivity index (χ2n) is 7.79. The molecular formula is C21H22F2N2O2. The molecule has 0 aromatic heterocycles. The maximum absolute atomic E-state index is 14.0. The second-order valence-corrected chi connectivity index (χ2v) is 7.79. The van der Waals surface area contributed by atoms with Crippen LogP contribution >= 0.6 is 0 Å². The molecule has 27 heavy (non-hydrogen) atoms. The summed E-state index contributed by atoms with van der Waals surface area (Å²) in [5.74, 6) is -2.77. The van der Waals surface area contributed by atoms with Crippen LogP contribution in [0.3, 0.4) is 0 Å². The van der Waals surface area contributed by atoms with E-state index in [1.807, 2.05) is 24.3 Å². The number of amides is 2. The fourth-order valence-corrected chi connectivity index (χ4v) is 3.30. The van der Waals surface area contributed by atoms with Crippen molar-refractivity contribution in [2.24, 2.45) is 5.92 Å². The van der Waals surface area contributed by atoms with Crippen LogP contribution in [0.2, 0.25) is 0 Å². The van der Waals surface area contributed by atoms with Crippen LogP contribution in [-0.4, -0.2) is 18.4 Å². The first-order chi connectivity index (χ1) is 12.7. The summed E-state index contributed by atoms with van der Waals surface area (Å²) in [6.45, 7) is 6.22. The van der Waals surface area contributed by atoms with Crippen LogP contribution in [0.15, 0.2) is 42.5 Å². The molecule has 1 saturated heterocycles. The molecule has 2 aromatic rings. The van der Waals surface area contributed by atoms with E-state index in [1.54, 1.807) is 0 Å². The van der Waals surface area contributed by atoms with E-state index in [1.165, 1.54) is 11.0 Å². The van der Waals surface area contributed by atoms with Gasteiger partial charge in [-0.1, -0.05) is 39.0 Å². The van der Waals surface area contributed by atoms with Gasteiger partial charge in [-0.15, -0.1) is 0 Å². The number of carbonyl (C=O) groups excluding carboxylic acids is 2. The molecule has 142 valence electrons. The number of carbonyl (C=O) groups is 2. The van der Waals surface area contributed by atoms with Crippen LogP contribution in [0.1, 0.15) is 32.8 Å². The van der Waals surface area contributed by atoms with Gasteiger partial charge < -0.3 is 10.2 Å². The van der Waals surface area contributed by atoms with Crippen LogP contribution in [0.25, 0.3) is 0 Å². The third-order valence-corrected chi connectivity index (χ3v) is 4.69. The number of hydrogen-bond donors (Lipinski definition) is 1. The summed E-state index contributed by atoms with van der Waals surface area (Å²) in [5, 5.41) is 2.90. The van der Waals surface area contributed by atoms with Crippen molar-refractivity contribution < 1.29 is 18.4 Å². The lowest BCUT2D eigenvalue weighted by Crippen LogP contribution is -2.29. The van der Waals surface area contributed by atoms with Crippen LogP contribution in [0.5, 0.6) is 0 Å². The summed E-state index contributed by atoms with van der Waals surface area (Å²) in [5.41, 5.74) is 1.53. The maximum Gasteiger partial charge on any atom is 0.229 e. The van der Waals surface area contributed by atoms with Crippen molar-refractivity contribution in [3.05, 3.63) is 59.7 Å². The summed E-state index contributed by atoms with van der Waals surface area (Å²) in [7, 11) is 0. The Balaban J connectivity index is 1.77. The lowest BCUT2D eigenvalue weighted by molar-refractivity contribution is -0.122. The highest BCUT2D eigenvalue weighted by atomic mass is 19.1. The fourth-order valence-electron chi connectivity index (χ4n) is 3.30. The van der Waals surface area contributed by atoms with Gasteiger partial charge in [-0.2, -0.15) is 0 Å². The minimum Gasteiger partial charge on any atom is -0.326 e. The number of rotatable bonds is 3. The molecule has 2 amide bonds. The maximum atomic E-state index is 14.0. The number of nitrogens with one attached hydrogen (secondary N) is 1. The van der Waals surface area contributed by atoms with Gasteiger partial charge in [0.1, 0.15) is 11.6 Å². The Hall–Kier alpha value is -2.76. The Morgan fingerprint density at radius 1 is 1.15 bits per heavy atom. The molecule has 0 bridgehead atoms. The van der Waals surface area contributed by atoms with Gasteiger partial charge in [-0.3, -0.25) is 9.59 Å². The van der Waals surface area contributed by atoms with Crippen molar-refractivity contribution >= 4 is 23.2 Å². The number of nitrogens with zero attached hydrogens (tertiary/aromatic N) is 1. The van der Waals surface area contributed by atoms with Crippen molar-refractivity contribution in [2.75, 3.05) is 16.8 Å². The molecule has 0 radical (unpaired) electrons. The quantitative estimate of drug-likeness (QED) is 0.875. The fraction of sp³-hybridized carbons (Fsp3) is 0.333. The first kappa shape index (κ1) is 19.0. The van der Waals surface area contributed by atoms with Gasteiger partial charge in [0, 0.05) is 24.7 Å². The predicted molar refractivity (Wildman–Crippen MR) is 101 cm³/mol. The van der Waals surface area contributed by atoms with Crippen molar-refractivity contribution in [2.45, 2.75) is 32.6 Å². The van der Waals surface area contributed by atoms with E-state index < -0.39 is 17.6 Å².